The van der Waals surface area contributed by atoms with Gasteiger partial charge in [-0.2, -0.15) is 5.10 Å². The summed E-state index contributed by atoms with van der Waals surface area (Å²) >= 11 is 0. The summed E-state index contributed by atoms with van der Waals surface area (Å²) in [7, 11) is -3.14. The van der Waals surface area contributed by atoms with Crippen LogP contribution >= 0.6 is 0 Å². The fourth-order valence-electron chi connectivity index (χ4n) is 2.92. The summed E-state index contributed by atoms with van der Waals surface area (Å²) < 4.78 is 25.1. The SMILES string of the molecule is CCS(=O)(=O)CCNC(=O)c1cn(Cc2ccccc2)nc1-c1ccc(C)cc1. The predicted molar refractivity (Wildman–Crippen MR) is 115 cm³/mol. The Kier molecular flexibility index (Phi) is 6.49. The highest BCUT2D eigenvalue weighted by atomic mass is 32.2. The molecule has 6 nitrogen and oxygen atoms in total. The lowest BCUT2D eigenvalue weighted by Gasteiger charge is -2.06. The molecular formula is C22H25N3O3S. The van der Waals surface area contributed by atoms with Gasteiger partial charge in [-0.3, -0.25) is 9.48 Å². The van der Waals surface area contributed by atoms with Crippen LogP contribution in [0.15, 0.2) is 60.8 Å². The molecule has 0 aliphatic heterocycles. The molecule has 2 aromatic carbocycles. The summed E-state index contributed by atoms with van der Waals surface area (Å²) in [5.41, 5.74) is 4.05. The first-order chi connectivity index (χ1) is 13.9. The van der Waals surface area contributed by atoms with Crippen molar-refractivity contribution < 1.29 is 13.2 Å². The van der Waals surface area contributed by atoms with E-state index in [0.29, 0.717) is 17.8 Å². The Morgan fingerprint density at radius 3 is 2.41 bits per heavy atom. The Morgan fingerprint density at radius 2 is 1.76 bits per heavy atom. The number of nitrogens with one attached hydrogen (secondary N) is 1. The maximum atomic E-state index is 12.8. The molecule has 3 rings (SSSR count). The second kappa shape index (κ2) is 9.05. The number of nitrogens with zero attached hydrogens (tertiary/aromatic N) is 2. The van der Waals surface area contributed by atoms with E-state index in [-0.39, 0.29) is 24.0 Å². The average molecular weight is 412 g/mol. The van der Waals surface area contributed by atoms with Crippen LogP contribution < -0.4 is 5.32 Å². The van der Waals surface area contributed by atoms with E-state index in [1.54, 1.807) is 17.8 Å². The minimum atomic E-state index is -3.14. The van der Waals surface area contributed by atoms with Gasteiger partial charge >= 0.3 is 0 Å². The number of sulfone groups is 1. The molecule has 3 aromatic rings. The molecule has 7 heteroatoms. The lowest BCUT2D eigenvalue weighted by atomic mass is 10.1. The van der Waals surface area contributed by atoms with Gasteiger partial charge in [0.1, 0.15) is 5.69 Å². The first kappa shape index (κ1) is 20.8. The molecule has 0 aliphatic carbocycles. The van der Waals surface area contributed by atoms with Crippen LogP contribution in [0.3, 0.4) is 0 Å². The van der Waals surface area contributed by atoms with Gasteiger partial charge in [-0.15, -0.1) is 0 Å². The van der Waals surface area contributed by atoms with Gasteiger partial charge in [0.05, 0.1) is 17.9 Å². The molecule has 29 heavy (non-hydrogen) atoms. The largest absolute Gasteiger partial charge is 0.351 e. The third kappa shape index (κ3) is 5.54. The maximum Gasteiger partial charge on any atom is 0.255 e. The Morgan fingerprint density at radius 1 is 1.07 bits per heavy atom. The third-order valence-corrected chi connectivity index (χ3v) is 6.36. The van der Waals surface area contributed by atoms with Crippen molar-refractivity contribution in [3.8, 4) is 11.3 Å². The quantitative estimate of drug-likeness (QED) is 0.618. The number of aromatic nitrogens is 2. The molecule has 0 spiro atoms. The minimum absolute atomic E-state index is 0.0620. The highest BCUT2D eigenvalue weighted by molar-refractivity contribution is 7.91. The maximum absolute atomic E-state index is 12.8. The summed E-state index contributed by atoms with van der Waals surface area (Å²) in [5, 5.41) is 7.35. The molecule has 0 saturated carbocycles. The van der Waals surface area contributed by atoms with Crippen molar-refractivity contribution >= 4 is 15.7 Å². The van der Waals surface area contributed by atoms with Crippen LogP contribution in [0.5, 0.6) is 0 Å². The standard InChI is InChI=1S/C22H25N3O3S/c1-3-29(27,28)14-13-23-22(26)20-16-25(15-18-7-5-4-6-8-18)24-21(20)19-11-9-17(2)10-12-19/h4-12,16H,3,13-15H2,1-2H3,(H,23,26). The number of amides is 1. The molecule has 0 aliphatic rings. The molecule has 1 heterocycles. The first-order valence-corrected chi connectivity index (χ1v) is 11.4. The topological polar surface area (TPSA) is 81.1 Å². The van der Waals surface area contributed by atoms with Gasteiger partial charge in [0.2, 0.25) is 0 Å². The number of carbonyl (C=O) groups is 1. The second-order valence-electron chi connectivity index (χ2n) is 6.93. The fourth-order valence-corrected chi connectivity index (χ4v) is 3.63. The van der Waals surface area contributed by atoms with Gasteiger partial charge < -0.3 is 5.32 Å². The second-order valence-corrected chi connectivity index (χ2v) is 9.41. The van der Waals surface area contributed by atoms with Crippen LogP contribution in [-0.4, -0.2) is 42.2 Å². The van der Waals surface area contributed by atoms with Gasteiger partial charge in [-0.25, -0.2) is 8.42 Å². The highest BCUT2D eigenvalue weighted by Crippen LogP contribution is 2.23. The van der Waals surface area contributed by atoms with Crippen molar-refractivity contribution in [2.75, 3.05) is 18.1 Å². The zero-order valence-electron chi connectivity index (χ0n) is 16.6. The Bertz CT molecular complexity index is 1070. The molecule has 0 bridgehead atoms. The molecule has 152 valence electrons. The molecule has 0 unspecified atom stereocenters. The molecular weight excluding hydrogens is 386 g/mol. The molecule has 1 amide bonds. The molecule has 0 fully saturated rings. The zero-order valence-corrected chi connectivity index (χ0v) is 17.4. The van der Waals surface area contributed by atoms with Crippen LogP contribution in [0.1, 0.15) is 28.4 Å². The van der Waals surface area contributed by atoms with Gasteiger partial charge in [-0.1, -0.05) is 67.1 Å². The summed E-state index contributed by atoms with van der Waals surface area (Å²) in [4.78, 5) is 12.8. The smallest absolute Gasteiger partial charge is 0.255 e. The van der Waals surface area contributed by atoms with E-state index in [1.807, 2.05) is 61.5 Å². The van der Waals surface area contributed by atoms with Crippen LogP contribution in [0, 0.1) is 6.92 Å². The van der Waals surface area contributed by atoms with Crippen LogP contribution in [0.25, 0.3) is 11.3 Å². The summed E-state index contributed by atoms with van der Waals surface area (Å²) in [6.07, 6.45) is 1.71. The van der Waals surface area contributed by atoms with Crippen LogP contribution in [0.4, 0.5) is 0 Å². The molecule has 0 saturated heterocycles. The van der Waals surface area contributed by atoms with E-state index in [2.05, 4.69) is 10.4 Å². The lowest BCUT2D eigenvalue weighted by molar-refractivity contribution is 0.0956. The number of hydrogen-bond donors (Lipinski definition) is 1. The first-order valence-electron chi connectivity index (χ1n) is 9.55. The van der Waals surface area contributed by atoms with Gasteiger partial charge in [-0.05, 0) is 12.5 Å². The van der Waals surface area contributed by atoms with E-state index in [1.165, 1.54) is 0 Å². The fraction of sp³-hybridized carbons (Fsp3) is 0.273. The molecule has 1 N–H and O–H groups in total. The van der Waals surface area contributed by atoms with Crippen molar-refractivity contribution in [1.29, 1.82) is 0 Å². The number of rotatable bonds is 8. The van der Waals surface area contributed by atoms with Crippen LogP contribution in [0.2, 0.25) is 0 Å². The van der Waals surface area contributed by atoms with E-state index in [4.69, 9.17) is 0 Å². The monoisotopic (exact) mass is 411 g/mol. The molecule has 0 radical (unpaired) electrons. The summed E-state index contributed by atoms with van der Waals surface area (Å²) in [5.74, 6) is -0.342. The highest BCUT2D eigenvalue weighted by Gasteiger charge is 2.19. The van der Waals surface area contributed by atoms with Crippen molar-refractivity contribution in [1.82, 2.24) is 15.1 Å². The lowest BCUT2D eigenvalue weighted by Crippen LogP contribution is -2.29. The zero-order chi connectivity index (χ0) is 20.9. The number of aryl methyl sites for hydroxylation is 1. The van der Waals surface area contributed by atoms with Gasteiger partial charge in [0, 0.05) is 24.1 Å². The predicted octanol–water partition coefficient (Wildman–Crippen LogP) is 3.07. The molecule has 1 aromatic heterocycles. The van der Waals surface area contributed by atoms with E-state index >= 15 is 0 Å². The Labute approximate surface area is 171 Å². The number of benzene rings is 2. The number of hydrogen-bond acceptors (Lipinski definition) is 4. The number of carbonyl (C=O) groups excluding carboxylic acids is 1. The van der Waals surface area contributed by atoms with Crippen molar-refractivity contribution in [2.45, 2.75) is 20.4 Å². The molecule has 0 atom stereocenters. The Balaban J connectivity index is 1.86. The third-order valence-electron chi connectivity index (χ3n) is 4.66. The van der Waals surface area contributed by atoms with E-state index < -0.39 is 9.84 Å². The van der Waals surface area contributed by atoms with Crippen LogP contribution in [-0.2, 0) is 16.4 Å². The van der Waals surface area contributed by atoms with E-state index in [0.717, 1.165) is 16.7 Å². The van der Waals surface area contributed by atoms with E-state index in [9.17, 15) is 13.2 Å². The summed E-state index contributed by atoms with van der Waals surface area (Å²) in [6, 6.07) is 17.7. The average Bonchev–Trinajstić information content (AvgIpc) is 3.13. The van der Waals surface area contributed by atoms with Crippen molar-refractivity contribution in [2.24, 2.45) is 0 Å². The Hall–Kier alpha value is -2.93. The van der Waals surface area contributed by atoms with Gasteiger partial charge in [0.25, 0.3) is 5.91 Å². The normalized spacial score (nSPS) is 11.4. The van der Waals surface area contributed by atoms with Gasteiger partial charge in [0.15, 0.2) is 9.84 Å². The minimum Gasteiger partial charge on any atom is -0.351 e. The summed E-state index contributed by atoms with van der Waals surface area (Å²) in [6.45, 7) is 4.21. The van der Waals surface area contributed by atoms with Crippen molar-refractivity contribution in [3.05, 3.63) is 77.5 Å². The van der Waals surface area contributed by atoms with Crippen molar-refractivity contribution in [3.63, 3.8) is 0 Å².